The second kappa shape index (κ2) is 8.28. The zero-order valence-corrected chi connectivity index (χ0v) is 19.7. The van der Waals surface area contributed by atoms with Crippen LogP contribution in [0, 0.1) is 12.7 Å². The van der Waals surface area contributed by atoms with Crippen LogP contribution >= 0.6 is 7.14 Å². The lowest BCUT2D eigenvalue weighted by Crippen LogP contribution is -2.17. The summed E-state index contributed by atoms with van der Waals surface area (Å²) in [7, 11) is -1.22. The Kier molecular flexibility index (Phi) is 6.17. The maximum atomic E-state index is 15.0. The van der Waals surface area contributed by atoms with E-state index < -0.39 is 30.5 Å². The van der Waals surface area contributed by atoms with Gasteiger partial charge >= 0.3 is 0 Å². The van der Waals surface area contributed by atoms with E-state index in [1.165, 1.54) is 13.2 Å². The third-order valence-electron chi connectivity index (χ3n) is 5.10. The molecule has 0 saturated heterocycles. The summed E-state index contributed by atoms with van der Waals surface area (Å²) in [5, 5.41) is 4.14. The zero-order valence-electron chi connectivity index (χ0n) is 18.8. The summed E-state index contributed by atoms with van der Waals surface area (Å²) in [6.45, 7) is 7.17. The molecule has 0 amide bonds. The average molecular weight is 466 g/mol. The number of anilines is 2. The van der Waals surface area contributed by atoms with Gasteiger partial charge in [-0.15, -0.1) is 0 Å². The molecule has 0 aliphatic carbocycles. The van der Waals surface area contributed by atoms with E-state index in [-0.39, 0.29) is 11.3 Å². The molecule has 1 aromatic heterocycles. The number of aryl methyl sites for hydroxylation is 1. The Bertz CT molecular complexity index is 1240. The summed E-state index contributed by atoms with van der Waals surface area (Å²) in [6.07, 6.45) is 0. The number of nitrogens with zero attached hydrogens (tertiary/aromatic N) is 2. The van der Waals surface area contributed by atoms with Gasteiger partial charge in [0.25, 0.3) is 5.92 Å². The fraction of sp³-hybridized carbons (Fsp3) is 0.364. The van der Waals surface area contributed by atoms with Gasteiger partial charge in [-0.2, -0.15) is 0 Å². The number of benzene rings is 2. The van der Waals surface area contributed by atoms with Crippen molar-refractivity contribution < 1.29 is 22.5 Å². The van der Waals surface area contributed by atoms with E-state index in [4.69, 9.17) is 10.5 Å². The van der Waals surface area contributed by atoms with Crippen LogP contribution in [0.2, 0.25) is 0 Å². The second-order valence-electron chi connectivity index (χ2n) is 8.24. The zero-order chi connectivity index (χ0) is 24.0. The monoisotopic (exact) mass is 466 g/mol. The number of nitrogens with two attached hydrogens (primary N) is 1. The molecular formula is C22H26F3N4O2P. The van der Waals surface area contributed by atoms with Gasteiger partial charge < -0.3 is 20.4 Å². The molecule has 0 aliphatic heterocycles. The molecule has 0 unspecified atom stereocenters. The lowest BCUT2D eigenvalue weighted by Gasteiger charge is -2.21. The van der Waals surface area contributed by atoms with Gasteiger partial charge in [-0.3, -0.25) is 0 Å². The molecule has 0 fully saturated rings. The van der Waals surface area contributed by atoms with Gasteiger partial charge in [-0.25, -0.2) is 23.1 Å². The quantitative estimate of drug-likeness (QED) is 0.383. The fourth-order valence-corrected chi connectivity index (χ4v) is 4.67. The van der Waals surface area contributed by atoms with Gasteiger partial charge in [0.1, 0.15) is 30.4 Å². The van der Waals surface area contributed by atoms with Crippen molar-refractivity contribution in [1.29, 1.82) is 0 Å². The molecule has 32 heavy (non-hydrogen) atoms. The van der Waals surface area contributed by atoms with Crippen LogP contribution in [0.3, 0.4) is 0 Å². The Morgan fingerprint density at radius 1 is 1.19 bits per heavy atom. The smallest absolute Gasteiger partial charge is 0.273 e. The van der Waals surface area contributed by atoms with Crippen LogP contribution in [0.15, 0.2) is 24.3 Å². The summed E-state index contributed by atoms with van der Waals surface area (Å²) in [4.78, 5) is 8.83. The van der Waals surface area contributed by atoms with Crippen molar-refractivity contribution in [3.63, 3.8) is 0 Å². The number of alkyl halides is 2. The number of fused-ring (bicyclic) bond motifs is 1. The van der Waals surface area contributed by atoms with Gasteiger partial charge in [-0.05, 0) is 45.4 Å². The molecule has 2 aromatic carbocycles. The number of ether oxygens (including phenoxy) is 1. The van der Waals surface area contributed by atoms with E-state index in [0.717, 1.165) is 6.07 Å². The molecule has 6 nitrogen and oxygen atoms in total. The van der Waals surface area contributed by atoms with Crippen molar-refractivity contribution in [3.05, 3.63) is 47.0 Å². The summed E-state index contributed by atoms with van der Waals surface area (Å²) in [6, 6.07) is 4.86. The number of halogens is 3. The first-order chi connectivity index (χ1) is 14.7. The first kappa shape index (κ1) is 23.9. The molecule has 10 heteroatoms. The topological polar surface area (TPSA) is 90.1 Å². The molecule has 0 bridgehead atoms. The van der Waals surface area contributed by atoms with E-state index >= 15 is 0 Å². The maximum Gasteiger partial charge on any atom is 0.273 e. The SMILES string of the molecule is COc1cc2nc(C)nc(N[C@H](C)c3cc(N)cc(C(C)(F)F)c3F)c2cc1P(C)(C)=O. The molecule has 3 rings (SSSR count). The molecule has 0 radical (unpaired) electrons. The predicted octanol–water partition coefficient (Wildman–Crippen LogP) is 5.20. The van der Waals surface area contributed by atoms with Gasteiger partial charge in [0.05, 0.1) is 29.5 Å². The Balaban J connectivity index is 2.15. The molecule has 0 spiro atoms. The fourth-order valence-electron chi connectivity index (χ4n) is 3.54. The largest absolute Gasteiger partial charge is 0.496 e. The normalized spacial score (nSPS) is 13.3. The summed E-state index contributed by atoms with van der Waals surface area (Å²) >= 11 is 0. The van der Waals surface area contributed by atoms with Gasteiger partial charge in [0.15, 0.2) is 0 Å². The van der Waals surface area contributed by atoms with Crippen molar-refractivity contribution in [2.75, 3.05) is 31.5 Å². The van der Waals surface area contributed by atoms with Crippen LogP contribution in [0.1, 0.15) is 36.8 Å². The molecule has 0 saturated carbocycles. The van der Waals surface area contributed by atoms with Crippen molar-refractivity contribution >= 4 is 34.9 Å². The van der Waals surface area contributed by atoms with E-state index in [1.807, 2.05) is 0 Å². The molecule has 3 aromatic rings. The van der Waals surface area contributed by atoms with E-state index in [2.05, 4.69) is 15.3 Å². The van der Waals surface area contributed by atoms with Gasteiger partial charge in [-0.1, -0.05) is 0 Å². The highest BCUT2D eigenvalue weighted by Gasteiger charge is 2.31. The van der Waals surface area contributed by atoms with Crippen LogP contribution < -0.4 is 21.1 Å². The number of nitrogen functional groups attached to an aromatic ring is 1. The first-order valence-electron chi connectivity index (χ1n) is 9.88. The second-order valence-corrected chi connectivity index (χ2v) is 11.4. The molecule has 3 N–H and O–H groups in total. The lowest BCUT2D eigenvalue weighted by molar-refractivity contribution is 0.0136. The van der Waals surface area contributed by atoms with Crippen LogP contribution in [0.4, 0.5) is 24.7 Å². The predicted molar refractivity (Wildman–Crippen MR) is 122 cm³/mol. The molecule has 1 atom stereocenters. The Labute approximate surface area is 184 Å². The molecule has 172 valence electrons. The number of hydrogen-bond acceptors (Lipinski definition) is 6. The minimum atomic E-state index is -3.39. The highest BCUT2D eigenvalue weighted by Crippen LogP contribution is 2.41. The van der Waals surface area contributed by atoms with Crippen LogP contribution in [0.5, 0.6) is 5.75 Å². The Morgan fingerprint density at radius 2 is 1.84 bits per heavy atom. The van der Waals surface area contributed by atoms with Crippen LogP contribution in [0.25, 0.3) is 10.9 Å². The third kappa shape index (κ3) is 4.67. The summed E-state index contributed by atoms with van der Waals surface area (Å²) in [5.74, 6) is -3.19. The van der Waals surface area contributed by atoms with E-state index in [0.29, 0.717) is 40.5 Å². The third-order valence-corrected chi connectivity index (χ3v) is 6.61. The summed E-state index contributed by atoms with van der Waals surface area (Å²) in [5.41, 5.74) is 5.55. The van der Waals surface area contributed by atoms with Crippen molar-refractivity contribution in [1.82, 2.24) is 9.97 Å². The highest BCUT2D eigenvalue weighted by molar-refractivity contribution is 7.70. The minimum Gasteiger partial charge on any atom is -0.496 e. The summed E-state index contributed by atoms with van der Waals surface area (Å²) < 4.78 is 60.9. The van der Waals surface area contributed by atoms with E-state index in [1.54, 1.807) is 39.3 Å². The number of aromatic nitrogens is 2. The molecular weight excluding hydrogens is 440 g/mol. The molecule has 1 heterocycles. The first-order valence-corrected chi connectivity index (χ1v) is 12.5. The van der Waals surface area contributed by atoms with Crippen molar-refractivity contribution in [3.8, 4) is 5.75 Å². The maximum absolute atomic E-state index is 15.0. The van der Waals surface area contributed by atoms with Gasteiger partial charge in [0, 0.05) is 29.6 Å². The number of methoxy groups -OCH3 is 1. The minimum absolute atomic E-state index is 0.0173. The molecule has 0 aliphatic rings. The van der Waals surface area contributed by atoms with Crippen LogP contribution in [-0.4, -0.2) is 30.4 Å². The number of rotatable bonds is 6. The van der Waals surface area contributed by atoms with E-state index in [9.17, 15) is 17.7 Å². The standard InChI is InChI=1S/C22H26F3N4O2P/c1-11(14-7-13(26)8-16(20(14)23)22(3,24)25)27-21-15-9-19(32(5,6)30)18(31-4)10-17(15)28-12(2)29-21/h7-11H,26H2,1-6H3,(H,27,28,29)/t11-/m1/s1. The average Bonchev–Trinajstić information content (AvgIpc) is 2.66. The Morgan fingerprint density at radius 3 is 2.41 bits per heavy atom. The number of nitrogens with one attached hydrogen (secondary N) is 1. The number of hydrogen-bond donors (Lipinski definition) is 2. The Hall–Kier alpha value is -2.80. The van der Waals surface area contributed by atoms with Crippen molar-refractivity contribution in [2.24, 2.45) is 0 Å². The highest BCUT2D eigenvalue weighted by atomic mass is 31.2. The van der Waals surface area contributed by atoms with Gasteiger partial charge in [0.2, 0.25) is 0 Å². The van der Waals surface area contributed by atoms with Crippen molar-refractivity contribution in [2.45, 2.75) is 32.7 Å². The van der Waals surface area contributed by atoms with Crippen LogP contribution in [-0.2, 0) is 10.5 Å². The lowest BCUT2D eigenvalue weighted by atomic mass is 9.99.